The summed E-state index contributed by atoms with van der Waals surface area (Å²) in [5, 5.41) is 0.783. The molecule has 1 saturated heterocycles. The van der Waals surface area contributed by atoms with Crippen molar-refractivity contribution in [2.24, 2.45) is 5.90 Å². The van der Waals surface area contributed by atoms with Crippen molar-refractivity contribution in [3.05, 3.63) is 29.3 Å². The van der Waals surface area contributed by atoms with E-state index >= 15 is 0 Å². The van der Waals surface area contributed by atoms with Crippen molar-refractivity contribution in [3.63, 3.8) is 0 Å². The van der Waals surface area contributed by atoms with Gasteiger partial charge in [-0.15, -0.1) is 0 Å². The van der Waals surface area contributed by atoms with E-state index in [4.69, 9.17) is 22.3 Å². The van der Waals surface area contributed by atoms with Gasteiger partial charge < -0.3 is 4.90 Å². The molecule has 2 rings (SSSR count). The standard InChI is InChI=1S/C10H13ClN2O/c11-9-3-1-2-4-10(9)13-6-5-8(7-13)14-12/h1-4,8H,5-7,12H2. The lowest BCUT2D eigenvalue weighted by atomic mass is 10.3. The van der Waals surface area contributed by atoms with E-state index in [0.717, 1.165) is 30.2 Å². The van der Waals surface area contributed by atoms with Crippen LogP contribution >= 0.6 is 11.6 Å². The summed E-state index contributed by atoms with van der Waals surface area (Å²) in [6.45, 7) is 1.77. The van der Waals surface area contributed by atoms with Gasteiger partial charge in [0.1, 0.15) is 0 Å². The highest BCUT2D eigenvalue weighted by Gasteiger charge is 2.23. The summed E-state index contributed by atoms with van der Waals surface area (Å²) in [5.41, 5.74) is 1.06. The third kappa shape index (κ3) is 1.85. The predicted octanol–water partition coefficient (Wildman–Crippen LogP) is 1.81. The first-order valence-electron chi connectivity index (χ1n) is 4.66. The molecular weight excluding hydrogens is 200 g/mol. The van der Waals surface area contributed by atoms with Crippen molar-refractivity contribution in [2.45, 2.75) is 12.5 Å². The first-order chi connectivity index (χ1) is 6.81. The summed E-state index contributed by atoms with van der Waals surface area (Å²) >= 11 is 6.08. The lowest BCUT2D eigenvalue weighted by Crippen LogP contribution is -2.24. The molecule has 4 heteroatoms. The molecule has 0 radical (unpaired) electrons. The van der Waals surface area contributed by atoms with Gasteiger partial charge in [-0.05, 0) is 18.6 Å². The molecule has 0 saturated carbocycles. The van der Waals surface area contributed by atoms with E-state index in [2.05, 4.69) is 4.90 Å². The molecule has 1 atom stereocenters. The Morgan fingerprint density at radius 2 is 2.21 bits per heavy atom. The minimum atomic E-state index is 0.131. The summed E-state index contributed by atoms with van der Waals surface area (Å²) in [5.74, 6) is 5.15. The quantitative estimate of drug-likeness (QED) is 0.760. The number of nitrogens with two attached hydrogens (primary N) is 1. The highest BCUT2D eigenvalue weighted by Crippen LogP contribution is 2.28. The van der Waals surface area contributed by atoms with Gasteiger partial charge in [0.15, 0.2) is 0 Å². The first-order valence-corrected chi connectivity index (χ1v) is 5.04. The summed E-state index contributed by atoms with van der Waals surface area (Å²) < 4.78 is 0. The van der Waals surface area contributed by atoms with Gasteiger partial charge in [-0.2, -0.15) is 0 Å². The fraction of sp³-hybridized carbons (Fsp3) is 0.400. The average Bonchev–Trinajstić information content (AvgIpc) is 2.67. The van der Waals surface area contributed by atoms with Crippen LogP contribution in [0.1, 0.15) is 6.42 Å². The van der Waals surface area contributed by atoms with Crippen molar-refractivity contribution in [1.82, 2.24) is 0 Å². The van der Waals surface area contributed by atoms with Crippen LogP contribution in [-0.4, -0.2) is 19.2 Å². The Hall–Kier alpha value is -0.770. The third-order valence-corrected chi connectivity index (χ3v) is 2.85. The van der Waals surface area contributed by atoms with Gasteiger partial charge in [0.25, 0.3) is 0 Å². The number of halogens is 1. The zero-order chi connectivity index (χ0) is 9.97. The van der Waals surface area contributed by atoms with Crippen LogP contribution in [0.15, 0.2) is 24.3 Å². The largest absolute Gasteiger partial charge is 0.368 e. The maximum absolute atomic E-state index is 6.08. The van der Waals surface area contributed by atoms with Gasteiger partial charge in [-0.1, -0.05) is 23.7 Å². The number of rotatable bonds is 2. The molecule has 1 aromatic carbocycles. The topological polar surface area (TPSA) is 38.5 Å². The van der Waals surface area contributed by atoms with Crippen LogP contribution in [0.5, 0.6) is 0 Å². The fourth-order valence-electron chi connectivity index (χ4n) is 1.77. The molecule has 1 heterocycles. The van der Waals surface area contributed by atoms with Crippen LogP contribution in [0, 0.1) is 0 Å². The van der Waals surface area contributed by atoms with Gasteiger partial charge >= 0.3 is 0 Å². The molecule has 2 N–H and O–H groups in total. The Balaban J connectivity index is 2.13. The van der Waals surface area contributed by atoms with Crippen LogP contribution in [0.3, 0.4) is 0 Å². The van der Waals surface area contributed by atoms with Crippen LogP contribution in [0.25, 0.3) is 0 Å². The number of hydrogen-bond donors (Lipinski definition) is 1. The summed E-state index contributed by atoms with van der Waals surface area (Å²) in [6, 6.07) is 7.82. The smallest absolute Gasteiger partial charge is 0.0978 e. The number of benzene rings is 1. The van der Waals surface area contributed by atoms with Crippen LogP contribution in [0.4, 0.5) is 5.69 Å². The Kier molecular flexibility index (Phi) is 2.91. The second-order valence-electron chi connectivity index (χ2n) is 3.44. The Bertz CT molecular complexity index is 319. The van der Waals surface area contributed by atoms with Crippen LogP contribution in [-0.2, 0) is 4.84 Å². The molecule has 0 amide bonds. The molecule has 0 aliphatic carbocycles. The number of nitrogens with zero attached hydrogens (tertiary/aromatic N) is 1. The zero-order valence-corrected chi connectivity index (χ0v) is 8.57. The molecular formula is C10H13ClN2O. The maximum Gasteiger partial charge on any atom is 0.0978 e. The zero-order valence-electron chi connectivity index (χ0n) is 7.82. The molecule has 1 unspecified atom stereocenters. The van der Waals surface area contributed by atoms with E-state index in [0.29, 0.717) is 0 Å². The summed E-state index contributed by atoms with van der Waals surface area (Å²) in [6.07, 6.45) is 1.09. The normalized spacial score (nSPS) is 21.6. The minimum Gasteiger partial charge on any atom is -0.368 e. The number of anilines is 1. The highest BCUT2D eigenvalue weighted by molar-refractivity contribution is 6.33. The van der Waals surface area contributed by atoms with Gasteiger partial charge in [-0.25, -0.2) is 5.90 Å². The van der Waals surface area contributed by atoms with Crippen molar-refractivity contribution in [1.29, 1.82) is 0 Å². The average molecular weight is 213 g/mol. The Morgan fingerprint density at radius 1 is 1.43 bits per heavy atom. The number of para-hydroxylation sites is 1. The molecule has 0 spiro atoms. The Labute approximate surface area is 88.4 Å². The second kappa shape index (κ2) is 4.17. The first kappa shape index (κ1) is 9.77. The highest BCUT2D eigenvalue weighted by atomic mass is 35.5. The van der Waals surface area contributed by atoms with Crippen molar-refractivity contribution in [3.8, 4) is 0 Å². The van der Waals surface area contributed by atoms with E-state index in [-0.39, 0.29) is 6.10 Å². The van der Waals surface area contributed by atoms with Gasteiger partial charge in [0, 0.05) is 13.1 Å². The minimum absolute atomic E-state index is 0.131. The molecule has 3 nitrogen and oxygen atoms in total. The molecule has 14 heavy (non-hydrogen) atoms. The molecule has 0 bridgehead atoms. The summed E-state index contributed by atoms with van der Waals surface area (Å²) in [4.78, 5) is 7.01. The maximum atomic E-state index is 6.08. The van der Waals surface area contributed by atoms with Gasteiger partial charge in [-0.3, -0.25) is 4.84 Å². The SMILES string of the molecule is NOC1CCN(c2ccccc2Cl)C1. The van der Waals surface area contributed by atoms with Crippen molar-refractivity contribution >= 4 is 17.3 Å². The van der Waals surface area contributed by atoms with Crippen molar-refractivity contribution < 1.29 is 4.84 Å². The molecule has 1 fully saturated rings. The van der Waals surface area contributed by atoms with E-state index in [1.165, 1.54) is 0 Å². The van der Waals surface area contributed by atoms with E-state index in [1.807, 2.05) is 24.3 Å². The van der Waals surface area contributed by atoms with Crippen molar-refractivity contribution in [2.75, 3.05) is 18.0 Å². The van der Waals surface area contributed by atoms with E-state index < -0.39 is 0 Å². The molecule has 1 aromatic rings. The fourth-order valence-corrected chi connectivity index (χ4v) is 2.02. The third-order valence-electron chi connectivity index (χ3n) is 2.53. The predicted molar refractivity (Wildman–Crippen MR) is 57.3 cm³/mol. The molecule has 1 aliphatic rings. The van der Waals surface area contributed by atoms with Crippen LogP contribution in [0.2, 0.25) is 5.02 Å². The van der Waals surface area contributed by atoms with Gasteiger partial charge in [0.05, 0.1) is 16.8 Å². The van der Waals surface area contributed by atoms with Crippen LogP contribution < -0.4 is 10.8 Å². The van der Waals surface area contributed by atoms with E-state index in [1.54, 1.807) is 0 Å². The Morgan fingerprint density at radius 3 is 2.86 bits per heavy atom. The van der Waals surface area contributed by atoms with Gasteiger partial charge in [0.2, 0.25) is 0 Å². The lowest BCUT2D eigenvalue weighted by molar-refractivity contribution is 0.0690. The molecule has 1 aliphatic heterocycles. The summed E-state index contributed by atoms with van der Waals surface area (Å²) in [7, 11) is 0. The molecule has 76 valence electrons. The molecule has 0 aromatic heterocycles. The van der Waals surface area contributed by atoms with E-state index in [9.17, 15) is 0 Å². The lowest BCUT2D eigenvalue weighted by Gasteiger charge is -2.19. The number of hydrogen-bond acceptors (Lipinski definition) is 3. The second-order valence-corrected chi connectivity index (χ2v) is 3.85. The monoisotopic (exact) mass is 212 g/mol.